The first-order valence-electron chi connectivity index (χ1n) is 6.50. The minimum Gasteiger partial charge on any atom is -0.310 e. The molecule has 0 fully saturated rings. The first-order valence-corrected chi connectivity index (χ1v) is 7.31. The number of aromatic nitrogens is 4. The van der Waals surface area contributed by atoms with Crippen molar-refractivity contribution in [3.8, 4) is 0 Å². The van der Waals surface area contributed by atoms with E-state index in [1.54, 1.807) is 13.2 Å². The molecule has 0 aliphatic carbocycles. The monoisotopic (exact) mass is 307 g/mol. The van der Waals surface area contributed by atoms with Gasteiger partial charge < -0.3 is 5.32 Å². The lowest BCUT2D eigenvalue weighted by atomic mass is 10.2. The van der Waals surface area contributed by atoms with Crippen molar-refractivity contribution >= 4 is 11.8 Å². The fourth-order valence-corrected chi connectivity index (χ4v) is 2.47. The summed E-state index contributed by atoms with van der Waals surface area (Å²) in [7, 11) is 1.63. The van der Waals surface area contributed by atoms with Crippen LogP contribution >= 0.6 is 11.8 Å². The Hall–Kier alpha value is -1.93. The van der Waals surface area contributed by atoms with Crippen LogP contribution in [0.15, 0.2) is 38.1 Å². The van der Waals surface area contributed by atoms with Gasteiger partial charge in [0.2, 0.25) is 0 Å². The fraction of sp³-hybridized carbons (Fsp3) is 0.385. The summed E-state index contributed by atoms with van der Waals surface area (Å²) in [6.07, 6.45) is 1.69. The van der Waals surface area contributed by atoms with Gasteiger partial charge in [0, 0.05) is 25.8 Å². The van der Waals surface area contributed by atoms with Gasteiger partial charge in [-0.2, -0.15) is 4.98 Å². The Morgan fingerprint density at radius 1 is 1.43 bits per heavy atom. The van der Waals surface area contributed by atoms with Crippen LogP contribution in [0.1, 0.15) is 19.4 Å². The van der Waals surface area contributed by atoms with Crippen LogP contribution in [0.2, 0.25) is 0 Å². The molecule has 0 radical (unpaired) electrons. The van der Waals surface area contributed by atoms with Crippen molar-refractivity contribution in [1.29, 1.82) is 0 Å². The lowest BCUT2D eigenvalue weighted by molar-refractivity contribution is 0.580. The molecule has 2 aromatic rings. The van der Waals surface area contributed by atoms with Crippen LogP contribution in [0, 0.1) is 0 Å². The highest BCUT2D eigenvalue weighted by Gasteiger charge is 2.10. The number of aromatic amines is 1. The molecule has 0 aliphatic heterocycles. The molecule has 0 saturated heterocycles. The van der Waals surface area contributed by atoms with E-state index in [-0.39, 0.29) is 0 Å². The largest absolute Gasteiger partial charge is 0.339 e. The SMILES string of the molecule is CC(C)NCc1cccnc1Sc1nc(=O)c(=O)[nH]n1C. The number of pyridine rings is 1. The fourth-order valence-electron chi connectivity index (χ4n) is 1.60. The Balaban J connectivity index is 2.29. The second-order valence-corrected chi connectivity index (χ2v) is 5.76. The maximum absolute atomic E-state index is 11.4. The summed E-state index contributed by atoms with van der Waals surface area (Å²) < 4.78 is 1.42. The molecule has 2 N–H and O–H groups in total. The topological polar surface area (TPSA) is 92.7 Å². The second-order valence-electron chi connectivity index (χ2n) is 4.80. The smallest absolute Gasteiger partial charge is 0.310 e. The Kier molecular flexibility index (Phi) is 4.92. The number of hydrogen-bond donors (Lipinski definition) is 2. The van der Waals surface area contributed by atoms with Crippen LogP contribution in [0.4, 0.5) is 0 Å². The van der Waals surface area contributed by atoms with Crippen LogP contribution < -0.4 is 16.4 Å². The van der Waals surface area contributed by atoms with Crippen LogP contribution in [-0.2, 0) is 13.6 Å². The molecular formula is C13H17N5O2S. The molecule has 0 aliphatic rings. The number of nitrogens with one attached hydrogen (secondary N) is 2. The molecule has 0 saturated carbocycles. The zero-order valence-corrected chi connectivity index (χ0v) is 12.9. The summed E-state index contributed by atoms with van der Waals surface area (Å²) >= 11 is 1.25. The van der Waals surface area contributed by atoms with Crippen LogP contribution in [0.5, 0.6) is 0 Å². The van der Waals surface area contributed by atoms with Gasteiger partial charge >= 0.3 is 11.1 Å². The summed E-state index contributed by atoms with van der Waals surface area (Å²) in [5.74, 6) is 0. The molecule has 0 amide bonds. The third-order valence-electron chi connectivity index (χ3n) is 2.69. The van der Waals surface area contributed by atoms with E-state index in [4.69, 9.17) is 0 Å². The summed E-state index contributed by atoms with van der Waals surface area (Å²) in [4.78, 5) is 30.7. The first kappa shape index (κ1) is 15.5. The normalized spacial score (nSPS) is 11.0. The van der Waals surface area contributed by atoms with Gasteiger partial charge in [-0.05, 0) is 23.4 Å². The molecule has 7 nitrogen and oxygen atoms in total. The quantitative estimate of drug-likeness (QED) is 0.782. The number of H-pyrrole nitrogens is 1. The van der Waals surface area contributed by atoms with Crippen molar-refractivity contribution in [1.82, 2.24) is 25.1 Å². The molecule has 0 unspecified atom stereocenters. The van der Waals surface area contributed by atoms with Gasteiger partial charge in [-0.3, -0.25) is 19.4 Å². The Bertz CT molecular complexity index is 738. The number of rotatable bonds is 5. The average Bonchev–Trinajstić information content (AvgIpc) is 2.43. The summed E-state index contributed by atoms with van der Waals surface area (Å²) in [6.45, 7) is 4.80. The van der Waals surface area contributed by atoms with Gasteiger partial charge in [-0.25, -0.2) is 4.98 Å². The first-order chi connectivity index (χ1) is 9.97. The molecule has 2 heterocycles. The third-order valence-corrected chi connectivity index (χ3v) is 3.79. The van der Waals surface area contributed by atoms with Crippen molar-refractivity contribution in [3.63, 3.8) is 0 Å². The van der Waals surface area contributed by atoms with Gasteiger partial charge in [-0.15, -0.1) is 0 Å². The maximum atomic E-state index is 11.4. The predicted octanol–water partition coefficient (Wildman–Crippen LogP) is 0.513. The number of aryl methyl sites for hydroxylation is 1. The average molecular weight is 307 g/mol. The molecule has 8 heteroatoms. The predicted molar refractivity (Wildman–Crippen MR) is 80.4 cm³/mol. The lowest BCUT2D eigenvalue weighted by Crippen LogP contribution is -2.33. The van der Waals surface area contributed by atoms with Crippen LogP contribution in [-0.4, -0.2) is 25.8 Å². The molecular weight excluding hydrogens is 290 g/mol. The highest BCUT2D eigenvalue weighted by atomic mass is 32.2. The van der Waals surface area contributed by atoms with Crippen LogP contribution in [0.3, 0.4) is 0 Å². The standard InChI is InChI=1S/C13H17N5O2S/c1-8(2)15-7-9-5-4-6-14-12(9)21-13-16-10(19)11(20)17-18(13)3/h4-6,8,15H,7H2,1-3H3,(H,17,20). The van der Waals surface area contributed by atoms with E-state index < -0.39 is 11.1 Å². The molecule has 2 rings (SSSR count). The van der Waals surface area contributed by atoms with E-state index in [0.29, 0.717) is 17.7 Å². The Morgan fingerprint density at radius 3 is 2.90 bits per heavy atom. The molecule has 0 aromatic carbocycles. The molecule has 2 aromatic heterocycles. The zero-order chi connectivity index (χ0) is 15.4. The molecule has 0 spiro atoms. The van der Waals surface area contributed by atoms with Gasteiger partial charge in [0.05, 0.1) is 0 Å². The van der Waals surface area contributed by atoms with Crippen molar-refractivity contribution < 1.29 is 0 Å². The van der Waals surface area contributed by atoms with E-state index in [1.165, 1.54) is 16.4 Å². The lowest BCUT2D eigenvalue weighted by Gasteiger charge is -2.12. The zero-order valence-electron chi connectivity index (χ0n) is 12.1. The van der Waals surface area contributed by atoms with Gasteiger partial charge in [-0.1, -0.05) is 19.9 Å². The van der Waals surface area contributed by atoms with E-state index in [1.807, 2.05) is 12.1 Å². The van der Waals surface area contributed by atoms with Gasteiger partial charge in [0.1, 0.15) is 5.03 Å². The van der Waals surface area contributed by atoms with Gasteiger partial charge in [0.25, 0.3) is 0 Å². The van der Waals surface area contributed by atoms with Crippen molar-refractivity contribution in [2.75, 3.05) is 0 Å². The Labute approximate surface area is 125 Å². The van der Waals surface area contributed by atoms with E-state index in [2.05, 4.69) is 34.2 Å². The van der Waals surface area contributed by atoms with Gasteiger partial charge in [0.15, 0.2) is 5.16 Å². The van der Waals surface area contributed by atoms with Crippen molar-refractivity contribution in [2.24, 2.45) is 7.05 Å². The maximum Gasteiger partial charge on any atom is 0.339 e. The highest BCUT2D eigenvalue weighted by molar-refractivity contribution is 7.99. The molecule has 0 bridgehead atoms. The van der Waals surface area contributed by atoms with Crippen molar-refractivity contribution in [2.45, 2.75) is 36.6 Å². The highest BCUT2D eigenvalue weighted by Crippen LogP contribution is 2.25. The Morgan fingerprint density at radius 2 is 2.19 bits per heavy atom. The summed E-state index contributed by atoms with van der Waals surface area (Å²) in [5, 5.41) is 6.88. The molecule has 21 heavy (non-hydrogen) atoms. The van der Waals surface area contributed by atoms with E-state index in [9.17, 15) is 9.59 Å². The minimum atomic E-state index is -0.798. The van der Waals surface area contributed by atoms with E-state index in [0.717, 1.165) is 10.6 Å². The number of hydrogen-bond acceptors (Lipinski definition) is 6. The minimum absolute atomic E-state index is 0.360. The molecule has 0 atom stereocenters. The summed E-state index contributed by atoms with van der Waals surface area (Å²) in [5.41, 5.74) is -0.519. The third kappa shape index (κ3) is 4.02. The summed E-state index contributed by atoms with van der Waals surface area (Å²) in [6, 6.07) is 4.19. The molecule has 112 valence electrons. The van der Waals surface area contributed by atoms with E-state index >= 15 is 0 Å². The number of nitrogens with zero attached hydrogens (tertiary/aromatic N) is 3. The van der Waals surface area contributed by atoms with Crippen LogP contribution in [0.25, 0.3) is 0 Å². The second kappa shape index (κ2) is 6.68. The van der Waals surface area contributed by atoms with Crippen molar-refractivity contribution in [3.05, 3.63) is 44.6 Å².